The predicted molar refractivity (Wildman–Crippen MR) is 82.5 cm³/mol. The molecule has 4 nitrogen and oxygen atoms in total. The third-order valence-corrected chi connectivity index (χ3v) is 2.97. The van der Waals surface area contributed by atoms with E-state index in [4.69, 9.17) is 0 Å². The largest absolute Gasteiger partial charge is 4.00 e. The SMILES string of the molecule is CCCCCCCC(=O)[O-].CCCCCCCC(=O)[O-].[Sn+4]. The van der Waals surface area contributed by atoms with E-state index in [2.05, 4.69) is 13.8 Å². The van der Waals surface area contributed by atoms with Crippen LogP contribution in [0.4, 0.5) is 0 Å². The summed E-state index contributed by atoms with van der Waals surface area (Å²) in [6.07, 6.45) is 11.2. The minimum absolute atomic E-state index is 0. The predicted octanol–water partition coefficient (Wildman–Crippen LogP) is 1.81. The molecule has 0 saturated heterocycles. The standard InChI is InChI=1S/2C8H16O2.Sn/c2*1-2-3-4-5-6-7-8(9)10;/h2*2-7H2,1H3,(H,9,10);/q;;+4/p-2. The van der Waals surface area contributed by atoms with Gasteiger partial charge in [-0.1, -0.05) is 65.2 Å². The van der Waals surface area contributed by atoms with E-state index in [1.165, 1.54) is 25.7 Å². The molecule has 0 aliphatic rings. The fourth-order valence-corrected chi connectivity index (χ4v) is 1.75. The van der Waals surface area contributed by atoms with E-state index in [-0.39, 0.29) is 36.7 Å². The number of carbonyl (C=O) groups excluding carboxylic acids is 2. The molecule has 0 aromatic heterocycles. The molecule has 0 aromatic carbocycles. The number of aliphatic carboxylic acids is 2. The number of carboxylic acid groups (broad SMARTS) is 2. The Kier molecular flexibility index (Phi) is 26.9. The van der Waals surface area contributed by atoms with Crippen molar-refractivity contribution in [2.24, 2.45) is 0 Å². The van der Waals surface area contributed by atoms with Gasteiger partial charge in [0.2, 0.25) is 0 Å². The molecule has 0 amide bonds. The van der Waals surface area contributed by atoms with Crippen molar-refractivity contribution >= 4 is 35.8 Å². The van der Waals surface area contributed by atoms with Gasteiger partial charge in [-0.15, -0.1) is 0 Å². The zero-order valence-electron chi connectivity index (χ0n) is 13.6. The van der Waals surface area contributed by atoms with Crippen LogP contribution in [0.1, 0.15) is 90.9 Å². The van der Waals surface area contributed by atoms with E-state index in [0.717, 1.165) is 38.5 Å². The molecule has 120 valence electrons. The van der Waals surface area contributed by atoms with Crippen LogP contribution >= 0.6 is 0 Å². The number of hydrogen-bond donors (Lipinski definition) is 0. The maximum absolute atomic E-state index is 9.92. The number of hydrogen-bond acceptors (Lipinski definition) is 4. The Morgan fingerprint density at radius 2 is 0.905 bits per heavy atom. The molecule has 5 heteroatoms. The monoisotopic (exact) mass is 406 g/mol. The van der Waals surface area contributed by atoms with Gasteiger partial charge in [-0.2, -0.15) is 0 Å². The van der Waals surface area contributed by atoms with Gasteiger partial charge in [0.1, 0.15) is 0 Å². The Hall–Kier alpha value is -0.261. The molecule has 0 radical (unpaired) electrons. The molecular formula is C16H30O4Sn+2. The van der Waals surface area contributed by atoms with Gasteiger partial charge in [-0.05, 0) is 25.7 Å². The van der Waals surface area contributed by atoms with Crippen LogP contribution in [0, 0.1) is 0 Å². The number of carboxylic acids is 2. The summed E-state index contributed by atoms with van der Waals surface area (Å²) in [5.74, 6) is -1.84. The molecular weight excluding hydrogens is 375 g/mol. The van der Waals surface area contributed by atoms with Crippen molar-refractivity contribution in [3.8, 4) is 0 Å². The van der Waals surface area contributed by atoms with Crippen molar-refractivity contribution < 1.29 is 19.8 Å². The van der Waals surface area contributed by atoms with E-state index < -0.39 is 11.9 Å². The van der Waals surface area contributed by atoms with E-state index in [1.807, 2.05) is 0 Å². The van der Waals surface area contributed by atoms with Crippen molar-refractivity contribution in [3.63, 3.8) is 0 Å². The van der Waals surface area contributed by atoms with E-state index in [1.54, 1.807) is 0 Å². The van der Waals surface area contributed by atoms with Gasteiger partial charge in [-0.25, -0.2) is 0 Å². The molecule has 0 spiro atoms. The molecule has 0 fully saturated rings. The molecule has 0 atom stereocenters. The van der Waals surface area contributed by atoms with E-state index in [9.17, 15) is 19.8 Å². The Balaban J connectivity index is -0.000000295. The quantitative estimate of drug-likeness (QED) is 0.367. The van der Waals surface area contributed by atoms with Crippen molar-refractivity contribution in [2.45, 2.75) is 90.9 Å². The minimum atomic E-state index is -0.920. The maximum atomic E-state index is 9.92. The van der Waals surface area contributed by atoms with Crippen LogP contribution in [0.15, 0.2) is 0 Å². The van der Waals surface area contributed by atoms with E-state index >= 15 is 0 Å². The minimum Gasteiger partial charge on any atom is -0.550 e. The Morgan fingerprint density at radius 1 is 0.619 bits per heavy atom. The summed E-state index contributed by atoms with van der Waals surface area (Å²) in [6, 6.07) is 0. The van der Waals surface area contributed by atoms with Gasteiger partial charge in [0.25, 0.3) is 0 Å². The average Bonchev–Trinajstić information content (AvgIpc) is 2.38. The second-order valence-corrected chi connectivity index (χ2v) is 5.07. The van der Waals surface area contributed by atoms with Gasteiger partial charge < -0.3 is 19.8 Å². The average molecular weight is 405 g/mol. The first-order chi connectivity index (χ1) is 9.54. The van der Waals surface area contributed by atoms with Gasteiger partial charge in [0.15, 0.2) is 0 Å². The molecule has 21 heavy (non-hydrogen) atoms. The van der Waals surface area contributed by atoms with Gasteiger partial charge in [-0.3, -0.25) is 0 Å². The number of unbranched alkanes of at least 4 members (excludes halogenated alkanes) is 8. The zero-order valence-corrected chi connectivity index (χ0v) is 16.5. The van der Waals surface area contributed by atoms with Crippen LogP contribution in [0.2, 0.25) is 0 Å². The summed E-state index contributed by atoms with van der Waals surface area (Å²) in [5.41, 5.74) is 0. The van der Waals surface area contributed by atoms with Crippen LogP contribution in [-0.4, -0.2) is 35.8 Å². The third-order valence-electron chi connectivity index (χ3n) is 2.97. The van der Waals surface area contributed by atoms with Crippen LogP contribution < -0.4 is 10.2 Å². The summed E-state index contributed by atoms with van der Waals surface area (Å²) < 4.78 is 0. The smallest absolute Gasteiger partial charge is 0.550 e. The number of carbonyl (C=O) groups is 2. The number of rotatable bonds is 12. The topological polar surface area (TPSA) is 80.3 Å². The fraction of sp³-hybridized carbons (Fsp3) is 0.875. The van der Waals surface area contributed by atoms with Crippen LogP contribution in [0.25, 0.3) is 0 Å². The molecule has 0 saturated carbocycles. The summed E-state index contributed by atoms with van der Waals surface area (Å²) in [5, 5.41) is 19.8. The molecule has 0 aromatic rings. The zero-order chi connectivity index (χ0) is 15.6. The van der Waals surface area contributed by atoms with Crippen molar-refractivity contribution in [3.05, 3.63) is 0 Å². The Labute approximate surface area is 146 Å². The van der Waals surface area contributed by atoms with Crippen molar-refractivity contribution in [2.75, 3.05) is 0 Å². The third kappa shape index (κ3) is 32.9. The van der Waals surface area contributed by atoms with Gasteiger partial charge in [0, 0.05) is 11.9 Å². The Morgan fingerprint density at radius 3 is 1.14 bits per heavy atom. The van der Waals surface area contributed by atoms with E-state index in [0.29, 0.717) is 0 Å². The molecule has 0 rings (SSSR count). The van der Waals surface area contributed by atoms with Gasteiger partial charge >= 0.3 is 23.9 Å². The molecule has 0 N–H and O–H groups in total. The van der Waals surface area contributed by atoms with Crippen molar-refractivity contribution in [1.82, 2.24) is 0 Å². The van der Waals surface area contributed by atoms with Crippen LogP contribution in [-0.2, 0) is 9.59 Å². The molecule has 0 bridgehead atoms. The molecule has 0 aliphatic carbocycles. The summed E-state index contributed by atoms with van der Waals surface area (Å²) in [6.45, 7) is 4.28. The van der Waals surface area contributed by atoms with Gasteiger partial charge in [0.05, 0.1) is 0 Å². The van der Waals surface area contributed by atoms with Crippen LogP contribution in [0.3, 0.4) is 0 Å². The first kappa shape index (κ1) is 25.7. The maximum Gasteiger partial charge on any atom is 4.00 e. The fourth-order valence-electron chi connectivity index (χ4n) is 1.75. The molecule has 0 aliphatic heterocycles. The van der Waals surface area contributed by atoms with Crippen molar-refractivity contribution in [1.29, 1.82) is 0 Å². The Bertz CT molecular complexity index is 208. The second-order valence-electron chi connectivity index (χ2n) is 5.07. The second kappa shape index (κ2) is 22.0. The normalized spacial score (nSPS) is 9.24. The summed E-state index contributed by atoms with van der Waals surface area (Å²) in [7, 11) is 0. The summed E-state index contributed by atoms with van der Waals surface area (Å²) >= 11 is 0. The first-order valence-corrected chi connectivity index (χ1v) is 7.94. The molecule has 0 heterocycles. The molecule has 0 unspecified atom stereocenters. The first-order valence-electron chi connectivity index (χ1n) is 7.94. The summed E-state index contributed by atoms with van der Waals surface area (Å²) in [4.78, 5) is 19.8. The van der Waals surface area contributed by atoms with Crippen LogP contribution in [0.5, 0.6) is 0 Å².